The number of nitro benzene ring substituents is 1. The summed E-state index contributed by atoms with van der Waals surface area (Å²) in [7, 11) is 1.80. The number of nitro groups is 1. The molecule has 6 heteroatoms. The maximum atomic E-state index is 11.1. The average Bonchev–Trinajstić information content (AvgIpc) is 2.35. The van der Waals surface area contributed by atoms with E-state index in [2.05, 4.69) is 0 Å². The summed E-state index contributed by atoms with van der Waals surface area (Å²) in [5, 5.41) is 19.7. The third kappa shape index (κ3) is 4.62. The van der Waals surface area contributed by atoms with Crippen molar-refractivity contribution in [2.45, 2.75) is 32.7 Å². The van der Waals surface area contributed by atoms with Gasteiger partial charge in [-0.3, -0.25) is 14.9 Å². The lowest BCUT2D eigenvalue weighted by Gasteiger charge is -2.16. The fraction of sp³-hybridized carbons (Fsp3) is 0.500. The molecule has 110 valence electrons. The third-order valence-corrected chi connectivity index (χ3v) is 3.07. The van der Waals surface area contributed by atoms with E-state index >= 15 is 0 Å². The number of rotatable bonds is 7. The van der Waals surface area contributed by atoms with Crippen molar-refractivity contribution in [3.8, 4) is 0 Å². The van der Waals surface area contributed by atoms with Gasteiger partial charge in [0.1, 0.15) is 0 Å². The van der Waals surface area contributed by atoms with Gasteiger partial charge in [0, 0.05) is 24.7 Å². The zero-order valence-corrected chi connectivity index (χ0v) is 12.0. The van der Waals surface area contributed by atoms with Crippen molar-refractivity contribution in [2.24, 2.45) is 0 Å². The Morgan fingerprint density at radius 2 is 2.10 bits per heavy atom. The molecule has 0 aliphatic heterocycles. The Morgan fingerprint density at radius 3 is 2.60 bits per heavy atom. The minimum atomic E-state index is -0.849. The summed E-state index contributed by atoms with van der Waals surface area (Å²) < 4.78 is 0. The molecule has 0 bridgehead atoms. The van der Waals surface area contributed by atoms with Crippen LogP contribution < -0.4 is 0 Å². The molecule has 1 aromatic rings. The van der Waals surface area contributed by atoms with E-state index in [4.69, 9.17) is 5.11 Å². The Hall–Kier alpha value is -1.95. The molecule has 0 aromatic heterocycles. The van der Waals surface area contributed by atoms with Crippen LogP contribution in [0.1, 0.15) is 37.3 Å². The number of hydrogen-bond donors (Lipinski definition) is 1. The maximum absolute atomic E-state index is 11.1. The predicted molar refractivity (Wildman–Crippen MR) is 75.8 cm³/mol. The molecule has 1 N–H and O–H groups in total. The second-order valence-electron chi connectivity index (χ2n) is 5.19. The van der Waals surface area contributed by atoms with Crippen LogP contribution in [-0.4, -0.2) is 34.5 Å². The largest absolute Gasteiger partial charge is 0.481 e. The standard InChI is InChI=1S/C14H20N2O4/c1-10(2)12-5-4-11(8-13(12)16(19)20)9-15(3)7-6-14(17)18/h4-5,8,10H,6-7,9H2,1-3H3,(H,17,18). The van der Waals surface area contributed by atoms with Gasteiger partial charge in [-0.2, -0.15) is 0 Å². The van der Waals surface area contributed by atoms with E-state index in [1.807, 2.05) is 24.8 Å². The number of hydrogen-bond acceptors (Lipinski definition) is 4. The van der Waals surface area contributed by atoms with Gasteiger partial charge in [-0.1, -0.05) is 26.0 Å². The van der Waals surface area contributed by atoms with Crippen LogP contribution in [-0.2, 0) is 11.3 Å². The highest BCUT2D eigenvalue weighted by molar-refractivity contribution is 5.66. The lowest BCUT2D eigenvalue weighted by atomic mass is 9.99. The molecule has 1 aromatic carbocycles. The highest BCUT2D eigenvalue weighted by atomic mass is 16.6. The molecule has 0 atom stereocenters. The zero-order valence-electron chi connectivity index (χ0n) is 12.0. The summed E-state index contributed by atoms with van der Waals surface area (Å²) in [4.78, 5) is 23.1. The average molecular weight is 280 g/mol. The van der Waals surface area contributed by atoms with Crippen LogP contribution in [0.3, 0.4) is 0 Å². The van der Waals surface area contributed by atoms with Gasteiger partial charge in [0.25, 0.3) is 5.69 Å². The predicted octanol–water partition coefficient (Wildman–Crippen LogP) is 2.62. The summed E-state index contributed by atoms with van der Waals surface area (Å²) in [6, 6.07) is 5.22. The Kier molecular flexibility index (Phi) is 5.64. The van der Waals surface area contributed by atoms with Gasteiger partial charge in [-0.15, -0.1) is 0 Å². The van der Waals surface area contributed by atoms with Crippen molar-refractivity contribution in [3.63, 3.8) is 0 Å². The summed E-state index contributed by atoms with van der Waals surface area (Å²) in [5.74, 6) is -0.757. The Bertz CT molecular complexity index is 500. The highest BCUT2D eigenvalue weighted by Crippen LogP contribution is 2.27. The van der Waals surface area contributed by atoms with Crippen LogP contribution in [0, 0.1) is 10.1 Å². The fourth-order valence-corrected chi connectivity index (χ4v) is 2.01. The highest BCUT2D eigenvalue weighted by Gasteiger charge is 2.17. The molecular formula is C14H20N2O4. The van der Waals surface area contributed by atoms with Crippen LogP contribution in [0.15, 0.2) is 18.2 Å². The number of carboxylic acids is 1. The van der Waals surface area contributed by atoms with E-state index in [-0.39, 0.29) is 22.9 Å². The molecule has 0 saturated heterocycles. The Morgan fingerprint density at radius 1 is 1.45 bits per heavy atom. The molecule has 0 saturated carbocycles. The topological polar surface area (TPSA) is 83.7 Å². The molecule has 0 radical (unpaired) electrons. The van der Waals surface area contributed by atoms with Gasteiger partial charge < -0.3 is 10.0 Å². The first-order chi connectivity index (χ1) is 9.31. The van der Waals surface area contributed by atoms with Crippen molar-refractivity contribution in [1.29, 1.82) is 0 Å². The van der Waals surface area contributed by atoms with Gasteiger partial charge in [0.2, 0.25) is 0 Å². The number of aliphatic carboxylic acids is 1. The smallest absolute Gasteiger partial charge is 0.304 e. The van der Waals surface area contributed by atoms with Gasteiger partial charge in [-0.25, -0.2) is 0 Å². The number of benzene rings is 1. The molecular weight excluding hydrogens is 260 g/mol. The zero-order chi connectivity index (χ0) is 15.3. The molecule has 0 aliphatic rings. The molecule has 0 unspecified atom stereocenters. The second-order valence-corrected chi connectivity index (χ2v) is 5.19. The summed E-state index contributed by atoms with van der Waals surface area (Å²) in [5.41, 5.74) is 1.66. The van der Waals surface area contributed by atoms with Crippen molar-refractivity contribution in [2.75, 3.05) is 13.6 Å². The van der Waals surface area contributed by atoms with Gasteiger partial charge in [-0.05, 0) is 18.5 Å². The lowest BCUT2D eigenvalue weighted by molar-refractivity contribution is -0.385. The molecule has 0 fully saturated rings. The van der Waals surface area contributed by atoms with Crippen molar-refractivity contribution in [3.05, 3.63) is 39.4 Å². The normalized spacial score (nSPS) is 11.1. The minimum absolute atomic E-state index is 0.0582. The van der Waals surface area contributed by atoms with Gasteiger partial charge >= 0.3 is 5.97 Å². The van der Waals surface area contributed by atoms with E-state index in [0.29, 0.717) is 18.7 Å². The second kappa shape index (κ2) is 7.00. The minimum Gasteiger partial charge on any atom is -0.481 e. The first-order valence-electron chi connectivity index (χ1n) is 6.48. The fourth-order valence-electron chi connectivity index (χ4n) is 2.01. The molecule has 20 heavy (non-hydrogen) atoms. The van der Waals surface area contributed by atoms with E-state index in [1.165, 1.54) is 0 Å². The van der Waals surface area contributed by atoms with E-state index in [9.17, 15) is 14.9 Å². The Balaban J connectivity index is 2.84. The number of carboxylic acid groups (broad SMARTS) is 1. The van der Waals surface area contributed by atoms with E-state index in [1.54, 1.807) is 19.2 Å². The quantitative estimate of drug-likeness (QED) is 0.613. The van der Waals surface area contributed by atoms with Gasteiger partial charge in [0.15, 0.2) is 0 Å². The van der Waals surface area contributed by atoms with Crippen molar-refractivity contribution in [1.82, 2.24) is 4.90 Å². The molecule has 0 aliphatic carbocycles. The first-order valence-corrected chi connectivity index (χ1v) is 6.48. The first kappa shape index (κ1) is 16.1. The Labute approximate surface area is 118 Å². The SMILES string of the molecule is CC(C)c1ccc(CN(C)CCC(=O)O)cc1[N+](=O)[O-]. The third-order valence-electron chi connectivity index (χ3n) is 3.07. The summed E-state index contributed by atoms with van der Waals surface area (Å²) in [6.07, 6.45) is 0.0582. The molecule has 0 spiro atoms. The van der Waals surface area contributed by atoms with Crippen LogP contribution in [0.25, 0.3) is 0 Å². The molecule has 6 nitrogen and oxygen atoms in total. The van der Waals surface area contributed by atoms with E-state index < -0.39 is 5.97 Å². The van der Waals surface area contributed by atoms with Crippen LogP contribution in [0.5, 0.6) is 0 Å². The number of nitrogens with zero attached hydrogens (tertiary/aromatic N) is 2. The van der Waals surface area contributed by atoms with Crippen LogP contribution >= 0.6 is 0 Å². The molecule has 0 heterocycles. The molecule has 1 rings (SSSR count). The van der Waals surface area contributed by atoms with Gasteiger partial charge in [0.05, 0.1) is 11.3 Å². The van der Waals surface area contributed by atoms with Crippen LogP contribution in [0.2, 0.25) is 0 Å². The van der Waals surface area contributed by atoms with Crippen LogP contribution in [0.4, 0.5) is 5.69 Å². The van der Waals surface area contributed by atoms with Crippen molar-refractivity contribution >= 4 is 11.7 Å². The summed E-state index contributed by atoms with van der Waals surface area (Å²) >= 11 is 0. The summed E-state index contributed by atoms with van der Waals surface area (Å²) in [6.45, 7) is 4.74. The molecule has 0 amide bonds. The number of carbonyl (C=O) groups is 1. The lowest BCUT2D eigenvalue weighted by Crippen LogP contribution is -2.21. The van der Waals surface area contributed by atoms with E-state index in [0.717, 1.165) is 5.56 Å². The monoisotopic (exact) mass is 280 g/mol. The maximum Gasteiger partial charge on any atom is 0.304 e. The van der Waals surface area contributed by atoms with Crippen molar-refractivity contribution < 1.29 is 14.8 Å².